The lowest BCUT2D eigenvalue weighted by Gasteiger charge is -2.27. The molecular weight excluding hydrogens is 749 g/mol. The average Bonchev–Trinajstić information content (AvgIpc) is 4.03. The summed E-state index contributed by atoms with van der Waals surface area (Å²) in [6.45, 7) is 0. The van der Waals surface area contributed by atoms with Crippen molar-refractivity contribution in [3.63, 3.8) is 0 Å². The molecule has 292 valence electrons. The lowest BCUT2D eigenvalue weighted by atomic mass is 9.93. The lowest BCUT2D eigenvalue weighted by molar-refractivity contribution is 1.18. The van der Waals surface area contributed by atoms with Gasteiger partial charge in [-0.3, -0.25) is 0 Å². The molecule has 0 fully saturated rings. The maximum Gasteiger partial charge on any atom is 0.0652 e. The SMILES string of the molecule is [2H]c1c([2H])c([2H])c(-c2c([2H])c([2H])c(N(c3ccc(-c4ccccc4)cc3)c3c([2H])c([2H])c(-c4ccc5c(c4)c4ccccc4n5-c4ccc(-c5ccccc5)cc4)c([2H])c3[2H])c([2H])c2-c2c([2H])c([2H])c([2H])c([2H])c2[2H])c([2H])c1[2H]. The van der Waals surface area contributed by atoms with Gasteiger partial charge in [0.25, 0.3) is 0 Å². The van der Waals surface area contributed by atoms with Crippen LogP contribution in [0.2, 0.25) is 0 Å². The minimum absolute atomic E-state index is 0.0585. The van der Waals surface area contributed by atoms with Gasteiger partial charge in [-0.25, -0.2) is 0 Å². The third-order valence-corrected chi connectivity index (χ3v) is 10.8. The molecule has 0 radical (unpaired) electrons. The van der Waals surface area contributed by atoms with Gasteiger partial charge in [-0.05, 0) is 122 Å². The highest BCUT2D eigenvalue weighted by Gasteiger charge is 2.18. The predicted octanol–water partition coefficient (Wildman–Crippen LogP) is 16.6. The molecule has 0 saturated heterocycles. The van der Waals surface area contributed by atoms with Crippen LogP contribution in [-0.2, 0) is 0 Å². The summed E-state index contributed by atoms with van der Waals surface area (Å²) in [5, 5.41) is 1.63. The van der Waals surface area contributed by atoms with Crippen molar-refractivity contribution in [1.82, 2.24) is 4.57 Å². The van der Waals surface area contributed by atoms with Crippen molar-refractivity contribution in [2.45, 2.75) is 0 Å². The maximum absolute atomic E-state index is 10.1. The summed E-state index contributed by atoms with van der Waals surface area (Å²) in [6.07, 6.45) is 0. The lowest BCUT2D eigenvalue weighted by Crippen LogP contribution is -2.10. The van der Waals surface area contributed by atoms with Crippen LogP contribution in [0.25, 0.3) is 83.1 Å². The standard InChI is InChI=1S/C60H42N2/c1-5-15-43(16-6-1)45-25-32-51(33-26-45)61(54-38-39-55(48-19-9-3-10-20-48)57(42-54)49-21-11-4-12-22-49)52-34-29-47(30-35-52)50-31-40-60-58(41-50)56-23-13-14-24-59(56)62(60)53-36-27-46(28-37-53)44-17-7-2-8-18-44/h1-42H/i3D,4D,9D,10D,11D,12D,19D,20D,21D,22D,29D,30D,34D,35D,38D,39D,42D. The Bertz CT molecular complexity index is 4230. The summed E-state index contributed by atoms with van der Waals surface area (Å²) in [5.74, 6) is 0. The molecule has 0 unspecified atom stereocenters. The van der Waals surface area contributed by atoms with E-state index in [-0.39, 0.29) is 11.3 Å². The Balaban J connectivity index is 1.17. The number of nitrogens with zero attached hydrogens (tertiary/aromatic N) is 2. The first kappa shape index (κ1) is 23.0. The first-order valence-electron chi connectivity index (χ1n) is 28.4. The maximum atomic E-state index is 10.1. The van der Waals surface area contributed by atoms with Gasteiger partial charge in [0.1, 0.15) is 0 Å². The highest BCUT2D eigenvalue weighted by molar-refractivity contribution is 6.10. The van der Waals surface area contributed by atoms with E-state index in [9.17, 15) is 9.60 Å². The molecule has 2 heteroatoms. The Morgan fingerprint density at radius 2 is 0.839 bits per heavy atom. The summed E-state index contributed by atoms with van der Waals surface area (Å²) in [5.41, 5.74) is 2.73. The number of rotatable bonds is 9. The van der Waals surface area contributed by atoms with Crippen molar-refractivity contribution in [3.05, 3.63) is 254 Å². The Morgan fingerprint density at radius 3 is 1.48 bits per heavy atom. The summed E-state index contributed by atoms with van der Waals surface area (Å²) in [4.78, 5) is 1.09. The van der Waals surface area contributed by atoms with Crippen LogP contribution in [-0.4, -0.2) is 4.57 Å². The number of aromatic nitrogens is 1. The van der Waals surface area contributed by atoms with E-state index in [4.69, 9.17) is 13.7 Å². The van der Waals surface area contributed by atoms with Gasteiger partial charge in [0.15, 0.2) is 0 Å². The van der Waals surface area contributed by atoms with Gasteiger partial charge in [-0.2, -0.15) is 0 Å². The zero-order chi connectivity index (χ0) is 56.0. The quantitative estimate of drug-likeness (QED) is 0.141. The first-order valence-corrected chi connectivity index (χ1v) is 19.9. The van der Waals surface area contributed by atoms with Gasteiger partial charge in [0.2, 0.25) is 0 Å². The molecule has 0 bridgehead atoms. The van der Waals surface area contributed by atoms with Crippen molar-refractivity contribution in [3.8, 4) is 61.3 Å². The van der Waals surface area contributed by atoms with Gasteiger partial charge >= 0.3 is 0 Å². The third-order valence-electron chi connectivity index (χ3n) is 10.8. The second kappa shape index (κ2) is 16.1. The molecule has 1 heterocycles. The fraction of sp³-hybridized carbons (Fsp3) is 0. The van der Waals surface area contributed by atoms with E-state index in [1.807, 2.05) is 109 Å². The van der Waals surface area contributed by atoms with Crippen molar-refractivity contribution >= 4 is 38.9 Å². The van der Waals surface area contributed by atoms with Gasteiger partial charge < -0.3 is 9.47 Å². The molecule has 62 heavy (non-hydrogen) atoms. The van der Waals surface area contributed by atoms with E-state index in [0.717, 1.165) is 49.1 Å². The number of benzene rings is 10. The molecule has 0 N–H and O–H groups in total. The average molecular weight is 808 g/mol. The molecule has 0 amide bonds. The van der Waals surface area contributed by atoms with Crippen LogP contribution < -0.4 is 4.90 Å². The highest BCUT2D eigenvalue weighted by Crippen LogP contribution is 2.42. The van der Waals surface area contributed by atoms with Gasteiger partial charge in [-0.1, -0.05) is 188 Å². The summed E-state index contributed by atoms with van der Waals surface area (Å²) in [7, 11) is 0. The molecule has 2 nitrogen and oxygen atoms in total. The predicted molar refractivity (Wildman–Crippen MR) is 263 cm³/mol. The Morgan fingerprint density at radius 1 is 0.323 bits per heavy atom. The second-order valence-electron chi connectivity index (χ2n) is 14.4. The topological polar surface area (TPSA) is 8.17 Å². The van der Waals surface area contributed by atoms with E-state index >= 15 is 0 Å². The van der Waals surface area contributed by atoms with E-state index < -0.39 is 136 Å². The molecule has 0 aliphatic heterocycles. The Hall–Kier alpha value is -8.20. The molecule has 0 atom stereocenters. The fourth-order valence-electron chi connectivity index (χ4n) is 7.84. The summed E-state index contributed by atoms with van der Waals surface area (Å²) >= 11 is 0. The van der Waals surface area contributed by atoms with Gasteiger partial charge in [0.05, 0.1) is 34.3 Å². The largest absolute Gasteiger partial charge is 0.310 e. The van der Waals surface area contributed by atoms with Crippen LogP contribution >= 0.6 is 0 Å². The number of fused-ring (bicyclic) bond motifs is 3. The molecule has 0 saturated carbocycles. The van der Waals surface area contributed by atoms with Crippen LogP contribution in [0.3, 0.4) is 0 Å². The highest BCUT2D eigenvalue weighted by atomic mass is 15.1. The number of hydrogen-bond acceptors (Lipinski definition) is 1. The number of anilines is 3. The smallest absolute Gasteiger partial charge is 0.0652 e. The van der Waals surface area contributed by atoms with Crippen molar-refractivity contribution < 1.29 is 23.3 Å². The van der Waals surface area contributed by atoms with Crippen molar-refractivity contribution in [2.75, 3.05) is 4.90 Å². The van der Waals surface area contributed by atoms with Crippen LogP contribution in [0.15, 0.2) is 254 Å². The molecular formula is C60H42N2. The first-order chi connectivity index (χ1) is 37.8. The number of para-hydroxylation sites is 1. The van der Waals surface area contributed by atoms with E-state index in [1.165, 1.54) is 0 Å². The minimum Gasteiger partial charge on any atom is -0.310 e. The molecule has 0 aliphatic rings. The Kier molecular flexibility index (Phi) is 5.97. The zero-order valence-electron chi connectivity index (χ0n) is 49.8. The minimum atomic E-state index is -0.899. The molecule has 1 aromatic heterocycles. The third kappa shape index (κ3) is 6.94. The van der Waals surface area contributed by atoms with Gasteiger partial charge in [-0.15, -0.1) is 0 Å². The number of hydrogen-bond donors (Lipinski definition) is 0. The van der Waals surface area contributed by atoms with Crippen LogP contribution in [0.4, 0.5) is 17.1 Å². The zero-order valence-corrected chi connectivity index (χ0v) is 32.8. The van der Waals surface area contributed by atoms with Crippen molar-refractivity contribution in [1.29, 1.82) is 0 Å². The monoisotopic (exact) mass is 807 g/mol. The summed E-state index contributed by atoms with van der Waals surface area (Å²) < 4.78 is 158. The Labute approximate surface area is 386 Å². The van der Waals surface area contributed by atoms with Crippen molar-refractivity contribution in [2.24, 2.45) is 0 Å². The van der Waals surface area contributed by atoms with E-state index in [0.29, 0.717) is 11.1 Å². The molecule has 11 aromatic rings. The van der Waals surface area contributed by atoms with Gasteiger partial charge in [0, 0.05) is 33.5 Å². The van der Waals surface area contributed by atoms with E-state index in [2.05, 4.69) is 16.7 Å². The van der Waals surface area contributed by atoms with E-state index in [1.54, 1.807) is 30.3 Å². The van der Waals surface area contributed by atoms with Crippen LogP contribution in [0, 0.1) is 0 Å². The second-order valence-corrected chi connectivity index (χ2v) is 14.4. The van der Waals surface area contributed by atoms with Crippen LogP contribution in [0.5, 0.6) is 0 Å². The normalized spacial score (nSPS) is 15.1. The molecule has 0 spiro atoms. The fourth-order valence-corrected chi connectivity index (χ4v) is 7.84. The van der Waals surface area contributed by atoms with Crippen LogP contribution in [0.1, 0.15) is 23.3 Å². The summed E-state index contributed by atoms with van der Waals surface area (Å²) in [6, 6.07) is 33.8. The molecule has 10 aromatic carbocycles. The molecule has 0 aliphatic carbocycles. The molecule has 11 rings (SSSR count).